The molecule has 1 amide bonds. The molecule has 0 bridgehead atoms. The van der Waals surface area contributed by atoms with Gasteiger partial charge in [-0.1, -0.05) is 39.8 Å². The number of hydrogen-bond acceptors (Lipinski definition) is 4. The van der Waals surface area contributed by atoms with E-state index in [1.165, 1.54) is 0 Å². The fourth-order valence-corrected chi connectivity index (χ4v) is 3.63. The molecular weight excluding hydrogens is 393 g/mol. The summed E-state index contributed by atoms with van der Waals surface area (Å²) in [6, 6.07) is 11.1. The van der Waals surface area contributed by atoms with E-state index < -0.39 is 21.4 Å². The number of amides is 1. The smallest absolute Gasteiger partial charge is 0.339 e. The van der Waals surface area contributed by atoms with Gasteiger partial charge in [0.25, 0.3) is 0 Å². The Labute approximate surface area is 172 Å². The molecule has 0 aromatic heterocycles. The van der Waals surface area contributed by atoms with Gasteiger partial charge >= 0.3 is 10.1 Å². The van der Waals surface area contributed by atoms with E-state index in [0.29, 0.717) is 6.54 Å². The molecule has 1 atom stereocenters. The van der Waals surface area contributed by atoms with E-state index in [9.17, 15) is 17.6 Å². The number of carbonyl (C=O) groups excluding carboxylic acids is 1. The highest BCUT2D eigenvalue weighted by molar-refractivity contribution is 7.87. The van der Waals surface area contributed by atoms with Crippen LogP contribution in [-0.2, 0) is 21.5 Å². The number of hydrogen-bond donors (Lipinski definition) is 0. The molecule has 0 aliphatic rings. The molecule has 2 aromatic carbocycles. The zero-order valence-corrected chi connectivity index (χ0v) is 18.3. The van der Waals surface area contributed by atoms with Crippen molar-refractivity contribution in [1.82, 2.24) is 4.90 Å². The first-order valence-corrected chi connectivity index (χ1v) is 10.9. The Morgan fingerprint density at radius 3 is 2.10 bits per heavy atom. The van der Waals surface area contributed by atoms with E-state index >= 15 is 0 Å². The summed E-state index contributed by atoms with van der Waals surface area (Å²) in [4.78, 5) is 14.5. The van der Waals surface area contributed by atoms with Gasteiger partial charge in [0.1, 0.15) is 16.5 Å². The Balaban J connectivity index is 2.16. The number of carbonyl (C=O) groups is 1. The highest BCUT2D eigenvalue weighted by Gasteiger charge is 2.29. The van der Waals surface area contributed by atoms with Crippen LogP contribution in [0.5, 0.6) is 5.75 Å². The maximum absolute atomic E-state index is 13.0. The molecule has 0 fully saturated rings. The van der Waals surface area contributed by atoms with Gasteiger partial charge in [0.05, 0.1) is 0 Å². The SMILES string of the molecule is CC[C@@H](C)N(Cc1ccc(OS(=O)(=O)c2ccc(F)cc2)cc1)C(=O)C(C)(C)C. The zero-order chi connectivity index (χ0) is 21.8. The fourth-order valence-electron chi connectivity index (χ4n) is 2.70. The van der Waals surface area contributed by atoms with Crippen LogP contribution in [0.3, 0.4) is 0 Å². The van der Waals surface area contributed by atoms with Crippen molar-refractivity contribution in [2.45, 2.75) is 58.5 Å². The Morgan fingerprint density at radius 2 is 1.62 bits per heavy atom. The van der Waals surface area contributed by atoms with Crippen molar-refractivity contribution in [3.63, 3.8) is 0 Å². The summed E-state index contributed by atoms with van der Waals surface area (Å²) in [6.07, 6.45) is 0.832. The summed E-state index contributed by atoms with van der Waals surface area (Å²) in [5, 5.41) is 0. The standard InChI is InChI=1S/C22H28FNO4S/c1-6-16(2)24(21(25)22(3,4)5)15-17-7-11-19(12-8-17)28-29(26,27)20-13-9-18(23)10-14-20/h7-14,16H,6,15H2,1-5H3/t16-/m1/s1. The summed E-state index contributed by atoms with van der Waals surface area (Å²) < 4.78 is 42.7. The first-order valence-electron chi connectivity index (χ1n) is 9.54. The van der Waals surface area contributed by atoms with E-state index in [-0.39, 0.29) is 22.6 Å². The lowest BCUT2D eigenvalue weighted by Gasteiger charge is -2.34. The molecule has 0 aliphatic heterocycles. The monoisotopic (exact) mass is 421 g/mol. The molecule has 7 heteroatoms. The van der Waals surface area contributed by atoms with E-state index in [2.05, 4.69) is 0 Å². The summed E-state index contributed by atoms with van der Waals surface area (Å²) >= 11 is 0. The topological polar surface area (TPSA) is 63.7 Å². The Hall–Kier alpha value is -2.41. The summed E-state index contributed by atoms with van der Waals surface area (Å²) in [7, 11) is -4.05. The lowest BCUT2D eigenvalue weighted by atomic mass is 9.93. The third-order valence-corrected chi connectivity index (χ3v) is 5.87. The van der Waals surface area contributed by atoms with Crippen molar-refractivity contribution in [3.8, 4) is 5.75 Å². The minimum Gasteiger partial charge on any atom is -0.379 e. The third kappa shape index (κ3) is 6.03. The molecule has 0 unspecified atom stereocenters. The van der Waals surface area contributed by atoms with E-state index in [0.717, 1.165) is 36.2 Å². The molecule has 0 saturated heterocycles. The highest BCUT2D eigenvalue weighted by Crippen LogP contribution is 2.24. The second-order valence-corrected chi connectivity index (χ2v) is 9.62. The van der Waals surface area contributed by atoms with Crippen molar-refractivity contribution in [2.75, 3.05) is 0 Å². The van der Waals surface area contributed by atoms with Crippen LogP contribution in [0.4, 0.5) is 4.39 Å². The molecule has 2 rings (SSSR count). The van der Waals surface area contributed by atoms with Gasteiger partial charge in [0.15, 0.2) is 0 Å². The lowest BCUT2D eigenvalue weighted by molar-refractivity contribution is -0.142. The second kappa shape index (κ2) is 8.95. The molecule has 0 radical (unpaired) electrons. The van der Waals surface area contributed by atoms with Gasteiger partial charge < -0.3 is 9.08 Å². The molecule has 0 saturated carbocycles. The molecule has 0 aliphatic carbocycles. The van der Waals surface area contributed by atoms with Gasteiger partial charge in [-0.3, -0.25) is 4.79 Å². The molecule has 0 N–H and O–H groups in total. The number of rotatable bonds is 7. The van der Waals surface area contributed by atoms with Gasteiger partial charge in [-0.2, -0.15) is 8.42 Å². The quantitative estimate of drug-likeness (QED) is 0.604. The van der Waals surface area contributed by atoms with Crippen LogP contribution in [0.2, 0.25) is 0 Å². The minimum atomic E-state index is -4.05. The van der Waals surface area contributed by atoms with Crippen LogP contribution < -0.4 is 4.18 Å². The Morgan fingerprint density at radius 1 is 1.07 bits per heavy atom. The van der Waals surface area contributed by atoms with Crippen LogP contribution in [0, 0.1) is 11.2 Å². The van der Waals surface area contributed by atoms with E-state index in [1.807, 2.05) is 39.5 Å². The lowest BCUT2D eigenvalue weighted by Crippen LogP contribution is -2.44. The van der Waals surface area contributed by atoms with Crippen LogP contribution in [0.25, 0.3) is 0 Å². The van der Waals surface area contributed by atoms with Crippen molar-refractivity contribution in [1.29, 1.82) is 0 Å². The third-order valence-electron chi connectivity index (χ3n) is 4.61. The number of nitrogens with zero attached hydrogens (tertiary/aromatic N) is 1. The summed E-state index contributed by atoms with van der Waals surface area (Å²) in [5.41, 5.74) is 0.379. The summed E-state index contributed by atoms with van der Waals surface area (Å²) in [5.74, 6) is -0.314. The van der Waals surface area contributed by atoms with Crippen LogP contribution in [-0.4, -0.2) is 25.3 Å². The zero-order valence-electron chi connectivity index (χ0n) is 17.5. The van der Waals surface area contributed by atoms with Crippen molar-refractivity contribution in [3.05, 3.63) is 59.9 Å². The predicted octanol–water partition coefficient (Wildman–Crippen LogP) is 4.77. The van der Waals surface area contributed by atoms with E-state index in [1.54, 1.807) is 24.3 Å². The maximum atomic E-state index is 13.0. The molecule has 158 valence electrons. The Kier molecular flexibility index (Phi) is 7.06. The minimum absolute atomic E-state index is 0.0612. The number of halogens is 1. The number of benzene rings is 2. The van der Waals surface area contributed by atoms with Gasteiger partial charge in [-0.25, -0.2) is 4.39 Å². The first-order chi connectivity index (χ1) is 13.4. The average Bonchev–Trinajstić information content (AvgIpc) is 2.65. The van der Waals surface area contributed by atoms with Crippen LogP contribution in [0.1, 0.15) is 46.6 Å². The largest absolute Gasteiger partial charge is 0.379 e. The van der Waals surface area contributed by atoms with Gasteiger partial charge in [-0.05, 0) is 55.3 Å². The molecule has 0 heterocycles. The Bertz CT molecular complexity index is 932. The van der Waals surface area contributed by atoms with Crippen molar-refractivity contribution >= 4 is 16.0 Å². The van der Waals surface area contributed by atoms with Crippen molar-refractivity contribution in [2.24, 2.45) is 5.41 Å². The highest BCUT2D eigenvalue weighted by atomic mass is 32.2. The molecule has 2 aromatic rings. The van der Waals surface area contributed by atoms with Gasteiger partial charge in [-0.15, -0.1) is 0 Å². The summed E-state index contributed by atoms with van der Waals surface area (Å²) in [6.45, 7) is 10.1. The molecule has 29 heavy (non-hydrogen) atoms. The maximum Gasteiger partial charge on any atom is 0.339 e. The predicted molar refractivity (Wildman–Crippen MR) is 110 cm³/mol. The first kappa shape index (κ1) is 22.9. The average molecular weight is 422 g/mol. The van der Waals surface area contributed by atoms with Gasteiger partial charge in [0, 0.05) is 18.0 Å². The molecular formula is C22H28FNO4S. The second-order valence-electron chi connectivity index (χ2n) is 8.08. The van der Waals surface area contributed by atoms with Crippen molar-refractivity contribution < 1.29 is 21.8 Å². The van der Waals surface area contributed by atoms with Gasteiger partial charge in [0.2, 0.25) is 5.91 Å². The molecule has 5 nitrogen and oxygen atoms in total. The van der Waals surface area contributed by atoms with Crippen LogP contribution >= 0.6 is 0 Å². The van der Waals surface area contributed by atoms with Crippen LogP contribution in [0.15, 0.2) is 53.4 Å². The fraction of sp³-hybridized carbons (Fsp3) is 0.409. The normalized spacial score (nSPS) is 13.0. The van der Waals surface area contributed by atoms with E-state index in [4.69, 9.17) is 4.18 Å². The molecule has 0 spiro atoms.